The summed E-state index contributed by atoms with van der Waals surface area (Å²) >= 11 is 3.23. The fourth-order valence-corrected chi connectivity index (χ4v) is 6.47. The minimum absolute atomic E-state index is 0.0307. The highest BCUT2D eigenvalue weighted by molar-refractivity contribution is 9.10. The zero-order valence-electron chi connectivity index (χ0n) is 14.4. The van der Waals surface area contributed by atoms with Gasteiger partial charge in [0, 0.05) is 17.1 Å². The van der Waals surface area contributed by atoms with Crippen LogP contribution in [0.2, 0.25) is 0 Å². The number of hydrogen-bond acceptors (Lipinski definition) is 6. The number of ether oxygens (including phenoxy) is 1. The molecule has 0 bridgehead atoms. The molecule has 26 heavy (non-hydrogen) atoms. The van der Waals surface area contributed by atoms with E-state index in [1.165, 1.54) is 19.2 Å². The van der Waals surface area contributed by atoms with Crippen molar-refractivity contribution in [2.45, 2.75) is 24.3 Å². The van der Waals surface area contributed by atoms with E-state index in [1.54, 1.807) is 13.0 Å². The standard InChI is InChI=1S/C15H21BrN2O6S2/c1-3-18(9-15(19)17-12-6-7-25(20,21)10-12)26(22,23)14-8-11(16)4-5-13(14)24-2/h4-5,8,12H,3,6-7,9-10H2,1-2H3,(H,17,19). The largest absolute Gasteiger partial charge is 0.495 e. The monoisotopic (exact) mass is 468 g/mol. The number of benzene rings is 1. The summed E-state index contributed by atoms with van der Waals surface area (Å²) in [6.45, 7) is 1.30. The summed E-state index contributed by atoms with van der Waals surface area (Å²) in [5.41, 5.74) is 0. The number of likely N-dealkylation sites (N-methyl/N-ethyl adjacent to an activating group) is 1. The van der Waals surface area contributed by atoms with Crippen LogP contribution in [-0.4, -0.2) is 64.8 Å². The van der Waals surface area contributed by atoms with Crippen molar-refractivity contribution in [3.63, 3.8) is 0 Å². The Hall–Kier alpha value is -1.17. The lowest BCUT2D eigenvalue weighted by Gasteiger charge is -2.22. The smallest absolute Gasteiger partial charge is 0.247 e. The minimum Gasteiger partial charge on any atom is -0.495 e. The molecule has 8 nitrogen and oxygen atoms in total. The maximum Gasteiger partial charge on any atom is 0.247 e. The summed E-state index contributed by atoms with van der Waals surface area (Å²) in [5.74, 6) is -0.444. The van der Waals surface area contributed by atoms with Gasteiger partial charge in [-0.3, -0.25) is 4.79 Å². The molecule has 1 amide bonds. The van der Waals surface area contributed by atoms with Crippen molar-refractivity contribution in [1.82, 2.24) is 9.62 Å². The van der Waals surface area contributed by atoms with Crippen molar-refractivity contribution in [3.05, 3.63) is 22.7 Å². The lowest BCUT2D eigenvalue weighted by atomic mass is 10.2. The van der Waals surface area contributed by atoms with E-state index in [0.29, 0.717) is 10.9 Å². The molecule has 1 heterocycles. The predicted octanol–water partition coefficient (Wildman–Crippen LogP) is 0.772. The molecular weight excluding hydrogens is 448 g/mol. The van der Waals surface area contributed by atoms with Crippen LogP contribution < -0.4 is 10.1 Å². The van der Waals surface area contributed by atoms with Crippen LogP contribution in [-0.2, 0) is 24.7 Å². The van der Waals surface area contributed by atoms with Crippen LogP contribution >= 0.6 is 15.9 Å². The van der Waals surface area contributed by atoms with Gasteiger partial charge < -0.3 is 10.1 Å². The molecule has 1 aromatic rings. The SMILES string of the molecule is CCN(CC(=O)NC1CCS(=O)(=O)C1)S(=O)(=O)c1cc(Br)ccc1OC. The van der Waals surface area contributed by atoms with Crippen LogP contribution in [0.25, 0.3) is 0 Å². The van der Waals surface area contributed by atoms with Gasteiger partial charge in [-0.05, 0) is 24.6 Å². The molecule has 0 saturated carbocycles. The maximum absolute atomic E-state index is 12.9. The van der Waals surface area contributed by atoms with Crippen LogP contribution in [0, 0.1) is 0 Å². The maximum atomic E-state index is 12.9. The first-order valence-corrected chi connectivity index (χ1v) is 12.0. The normalized spacial score (nSPS) is 19.5. The molecule has 0 radical (unpaired) electrons. The summed E-state index contributed by atoms with van der Waals surface area (Å²) in [6, 6.07) is 4.11. The highest BCUT2D eigenvalue weighted by Gasteiger charge is 2.32. The first-order valence-electron chi connectivity index (χ1n) is 7.92. The molecule has 146 valence electrons. The molecule has 11 heteroatoms. The highest BCUT2D eigenvalue weighted by Crippen LogP contribution is 2.29. The predicted molar refractivity (Wildman–Crippen MR) is 100 cm³/mol. The molecule has 1 atom stereocenters. The molecule has 0 aliphatic carbocycles. The van der Waals surface area contributed by atoms with Crippen molar-refractivity contribution in [3.8, 4) is 5.75 Å². The number of halogens is 1. The number of sulfonamides is 1. The Morgan fingerprint density at radius 1 is 1.42 bits per heavy atom. The first-order chi connectivity index (χ1) is 12.1. The number of rotatable bonds is 7. The molecule has 1 aliphatic rings. The third kappa shape index (κ3) is 4.96. The Morgan fingerprint density at radius 3 is 2.65 bits per heavy atom. The van der Waals surface area contributed by atoms with E-state index in [2.05, 4.69) is 21.2 Å². The van der Waals surface area contributed by atoms with Gasteiger partial charge in [-0.2, -0.15) is 4.31 Å². The van der Waals surface area contributed by atoms with Crippen molar-refractivity contribution in [2.24, 2.45) is 0 Å². The molecule has 1 N–H and O–H groups in total. The molecule has 1 fully saturated rings. The fraction of sp³-hybridized carbons (Fsp3) is 0.533. The summed E-state index contributed by atoms with van der Waals surface area (Å²) in [5, 5.41) is 2.60. The first kappa shape index (κ1) is 21.1. The number of carbonyl (C=O) groups is 1. The molecule has 1 aromatic carbocycles. The fourth-order valence-electron chi connectivity index (χ4n) is 2.70. The number of amides is 1. The second kappa shape index (κ2) is 8.24. The molecular formula is C15H21BrN2O6S2. The Bertz CT molecular complexity index is 885. The number of nitrogens with zero attached hydrogens (tertiary/aromatic N) is 1. The average Bonchev–Trinajstić information content (AvgIpc) is 2.90. The molecule has 1 aliphatic heterocycles. The van der Waals surface area contributed by atoms with E-state index in [-0.39, 0.29) is 28.7 Å². The van der Waals surface area contributed by atoms with Gasteiger partial charge in [-0.25, -0.2) is 16.8 Å². The molecule has 2 rings (SSSR count). The van der Waals surface area contributed by atoms with Crippen LogP contribution in [0.15, 0.2) is 27.6 Å². The Balaban J connectivity index is 2.17. The van der Waals surface area contributed by atoms with Crippen molar-refractivity contribution >= 4 is 41.7 Å². The van der Waals surface area contributed by atoms with Crippen molar-refractivity contribution in [1.29, 1.82) is 0 Å². The van der Waals surface area contributed by atoms with Crippen molar-refractivity contribution in [2.75, 3.05) is 31.7 Å². The number of carbonyl (C=O) groups excluding carboxylic acids is 1. The number of nitrogens with one attached hydrogen (secondary N) is 1. The third-order valence-electron chi connectivity index (χ3n) is 4.01. The van der Waals surface area contributed by atoms with Gasteiger partial charge in [-0.15, -0.1) is 0 Å². The van der Waals surface area contributed by atoms with E-state index in [0.717, 1.165) is 4.31 Å². The van der Waals surface area contributed by atoms with Gasteiger partial charge in [0.2, 0.25) is 15.9 Å². The van der Waals surface area contributed by atoms with E-state index in [9.17, 15) is 21.6 Å². The zero-order chi connectivity index (χ0) is 19.5. The Morgan fingerprint density at radius 2 is 2.12 bits per heavy atom. The van der Waals surface area contributed by atoms with Gasteiger partial charge in [0.1, 0.15) is 10.6 Å². The molecule has 0 spiro atoms. The number of methoxy groups -OCH3 is 1. The third-order valence-corrected chi connectivity index (χ3v) is 8.22. The average molecular weight is 469 g/mol. The number of sulfone groups is 1. The Labute approximate surface area is 162 Å². The van der Waals surface area contributed by atoms with E-state index >= 15 is 0 Å². The van der Waals surface area contributed by atoms with Crippen molar-refractivity contribution < 1.29 is 26.4 Å². The van der Waals surface area contributed by atoms with Gasteiger partial charge in [0.15, 0.2) is 9.84 Å². The lowest BCUT2D eigenvalue weighted by molar-refractivity contribution is -0.121. The van der Waals surface area contributed by atoms with Crippen LogP contribution in [0.1, 0.15) is 13.3 Å². The van der Waals surface area contributed by atoms with Gasteiger partial charge in [0.05, 0.1) is 25.2 Å². The van der Waals surface area contributed by atoms with Gasteiger partial charge in [0.25, 0.3) is 0 Å². The van der Waals surface area contributed by atoms with Crippen LogP contribution in [0.5, 0.6) is 5.75 Å². The van der Waals surface area contributed by atoms with E-state index in [1.807, 2.05) is 0 Å². The topological polar surface area (TPSA) is 110 Å². The second-order valence-corrected chi connectivity index (χ2v) is 10.9. The molecule has 1 saturated heterocycles. The molecule has 1 unspecified atom stereocenters. The Kier molecular flexibility index (Phi) is 6.70. The highest BCUT2D eigenvalue weighted by atomic mass is 79.9. The summed E-state index contributed by atoms with van der Waals surface area (Å²) in [4.78, 5) is 12.2. The summed E-state index contributed by atoms with van der Waals surface area (Å²) < 4.78 is 55.5. The van der Waals surface area contributed by atoms with E-state index in [4.69, 9.17) is 4.74 Å². The number of hydrogen-bond donors (Lipinski definition) is 1. The minimum atomic E-state index is -3.97. The summed E-state index contributed by atoms with van der Waals surface area (Å²) in [7, 11) is -5.73. The van der Waals surface area contributed by atoms with Crippen LogP contribution in [0.4, 0.5) is 0 Å². The van der Waals surface area contributed by atoms with Gasteiger partial charge >= 0.3 is 0 Å². The van der Waals surface area contributed by atoms with Gasteiger partial charge in [-0.1, -0.05) is 22.9 Å². The quantitative estimate of drug-likeness (QED) is 0.632. The lowest BCUT2D eigenvalue weighted by Crippen LogP contribution is -2.44. The zero-order valence-corrected chi connectivity index (χ0v) is 17.7. The second-order valence-electron chi connectivity index (χ2n) is 5.89. The van der Waals surface area contributed by atoms with Crippen LogP contribution in [0.3, 0.4) is 0 Å². The summed E-state index contributed by atoms with van der Waals surface area (Å²) in [6.07, 6.45) is 0.340. The van der Waals surface area contributed by atoms with E-state index < -0.39 is 38.4 Å². The molecule has 0 aromatic heterocycles.